The number of carbonyl (C=O) groups is 1. The molecule has 0 fully saturated rings. The van der Waals surface area contributed by atoms with Gasteiger partial charge in [0.2, 0.25) is 11.7 Å². The highest BCUT2D eigenvalue weighted by Crippen LogP contribution is 2.22. The van der Waals surface area contributed by atoms with Crippen LogP contribution in [0.3, 0.4) is 0 Å². The molecule has 5 rings (SSSR count). The molecule has 1 amide bonds. The second-order valence-electron chi connectivity index (χ2n) is 6.41. The molecule has 2 N–H and O–H groups in total. The fourth-order valence-electron chi connectivity index (χ4n) is 3.06. The molecule has 8 nitrogen and oxygen atoms in total. The summed E-state index contributed by atoms with van der Waals surface area (Å²) in [6, 6.07) is 16.3. The molecule has 0 aliphatic rings. The molecule has 0 saturated heterocycles. The van der Waals surface area contributed by atoms with Crippen LogP contribution in [0.25, 0.3) is 22.6 Å². The maximum atomic E-state index is 12.7. The van der Waals surface area contributed by atoms with E-state index in [4.69, 9.17) is 8.94 Å². The van der Waals surface area contributed by atoms with Gasteiger partial charge in [-0.3, -0.25) is 4.79 Å². The van der Waals surface area contributed by atoms with E-state index in [9.17, 15) is 4.79 Å². The molecule has 8 heteroatoms. The highest BCUT2D eigenvalue weighted by atomic mass is 16.5. The first-order valence-corrected chi connectivity index (χ1v) is 8.95. The Hall–Kier alpha value is -4.20. The molecule has 142 valence electrons. The SMILES string of the molecule is O=C(Nc1ccccc1Cc1nc(-c2ccco2)no1)c1ccc2nc[nH]c2c1. The quantitative estimate of drug-likeness (QED) is 0.472. The van der Waals surface area contributed by atoms with Crippen molar-refractivity contribution in [2.24, 2.45) is 0 Å². The van der Waals surface area contributed by atoms with Crippen molar-refractivity contribution < 1.29 is 13.7 Å². The zero-order valence-electron chi connectivity index (χ0n) is 15.1. The van der Waals surface area contributed by atoms with Gasteiger partial charge in [-0.15, -0.1) is 0 Å². The molecule has 0 radical (unpaired) electrons. The summed E-state index contributed by atoms with van der Waals surface area (Å²) in [5, 5.41) is 6.90. The largest absolute Gasteiger partial charge is 0.461 e. The maximum Gasteiger partial charge on any atom is 0.255 e. The number of furan rings is 1. The van der Waals surface area contributed by atoms with Gasteiger partial charge in [0.15, 0.2) is 5.76 Å². The second kappa shape index (κ2) is 7.08. The zero-order valence-corrected chi connectivity index (χ0v) is 15.1. The van der Waals surface area contributed by atoms with E-state index in [1.807, 2.05) is 24.3 Å². The molecular formula is C21H15N5O3. The molecule has 0 atom stereocenters. The van der Waals surface area contributed by atoms with Crippen LogP contribution in [0.4, 0.5) is 5.69 Å². The molecule has 0 aliphatic carbocycles. The smallest absolute Gasteiger partial charge is 0.255 e. The van der Waals surface area contributed by atoms with Crippen LogP contribution >= 0.6 is 0 Å². The topological polar surface area (TPSA) is 110 Å². The zero-order chi connectivity index (χ0) is 19.6. The van der Waals surface area contributed by atoms with Crippen molar-refractivity contribution in [3.63, 3.8) is 0 Å². The number of hydrogen-bond donors (Lipinski definition) is 2. The van der Waals surface area contributed by atoms with E-state index in [-0.39, 0.29) is 5.91 Å². The Morgan fingerprint density at radius 1 is 1.10 bits per heavy atom. The summed E-state index contributed by atoms with van der Waals surface area (Å²) >= 11 is 0. The maximum absolute atomic E-state index is 12.7. The van der Waals surface area contributed by atoms with Crippen LogP contribution in [0, 0.1) is 0 Å². The number of nitrogens with one attached hydrogen (secondary N) is 2. The average Bonchev–Trinajstić information content (AvgIpc) is 3.50. The predicted molar refractivity (Wildman–Crippen MR) is 105 cm³/mol. The summed E-state index contributed by atoms with van der Waals surface area (Å²) in [6.07, 6.45) is 3.53. The lowest BCUT2D eigenvalue weighted by molar-refractivity contribution is 0.102. The average molecular weight is 385 g/mol. The fraction of sp³-hybridized carbons (Fsp3) is 0.0476. The summed E-state index contributed by atoms with van der Waals surface area (Å²) in [7, 11) is 0. The number of para-hydroxylation sites is 1. The van der Waals surface area contributed by atoms with Gasteiger partial charge in [-0.2, -0.15) is 4.98 Å². The van der Waals surface area contributed by atoms with Crippen molar-refractivity contribution in [2.75, 3.05) is 5.32 Å². The number of hydrogen-bond acceptors (Lipinski definition) is 6. The minimum Gasteiger partial charge on any atom is -0.461 e. The van der Waals surface area contributed by atoms with Crippen molar-refractivity contribution in [2.45, 2.75) is 6.42 Å². The van der Waals surface area contributed by atoms with Gasteiger partial charge >= 0.3 is 0 Å². The number of benzene rings is 2. The highest BCUT2D eigenvalue weighted by Gasteiger charge is 2.15. The third kappa shape index (κ3) is 3.39. The van der Waals surface area contributed by atoms with Gasteiger partial charge in [0.1, 0.15) is 0 Å². The number of imidazole rings is 1. The van der Waals surface area contributed by atoms with Gasteiger partial charge in [0.25, 0.3) is 5.91 Å². The molecule has 3 heterocycles. The number of aromatic nitrogens is 4. The third-order valence-corrected chi connectivity index (χ3v) is 4.50. The number of aromatic amines is 1. The first-order valence-electron chi connectivity index (χ1n) is 8.95. The van der Waals surface area contributed by atoms with Crippen molar-refractivity contribution in [3.05, 3.63) is 84.2 Å². The van der Waals surface area contributed by atoms with Crippen molar-refractivity contribution in [1.29, 1.82) is 0 Å². The Morgan fingerprint density at radius 2 is 2.03 bits per heavy atom. The summed E-state index contributed by atoms with van der Waals surface area (Å²) in [5.41, 5.74) is 3.69. The first kappa shape index (κ1) is 16.9. The molecule has 0 unspecified atom stereocenters. The summed E-state index contributed by atoms with van der Waals surface area (Å²) < 4.78 is 10.6. The van der Waals surface area contributed by atoms with Crippen LogP contribution in [-0.4, -0.2) is 26.0 Å². The lowest BCUT2D eigenvalue weighted by Gasteiger charge is -2.10. The van der Waals surface area contributed by atoms with E-state index in [0.29, 0.717) is 35.1 Å². The number of anilines is 1. The number of nitrogens with zero attached hydrogens (tertiary/aromatic N) is 3. The first-order chi connectivity index (χ1) is 14.3. The molecule has 0 aliphatic heterocycles. The van der Waals surface area contributed by atoms with Gasteiger partial charge in [-0.1, -0.05) is 23.4 Å². The van der Waals surface area contributed by atoms with Gasteiger partial charge in [-0.25, -0.2) is 4.98 Å². The van der Waals surface area contributed by atoms with Crippen LogP contribution < -0.4 is 5.32 Å². The van der Waals surface area contributed by atoms with Gasteiger partial charge in [0.05, 0.1) is 30.0 Å². The van der Waals surface area contributed by atoms with E-state index < -0.39 is 0 Å². The Bertz CT molecular complexity index is 1290. The standard InChI is InChI=1S/C21H15N5O3/c27-21(14-7-8-16-17(10-14)23-12-22-16)24-15-5-2-1-4-13(15)11-19-25-20(26-29-19)18-6-3-9-28-18/h1-10,12H,11H2,(H,22,23)(H,24,27). The number of H-pyrrole nitrogens is 1. The number of amides is 1. The Labute approximate surface area is 164 Å². The van der Waals surface area contributed by atoms with Crippen molar-refractivity contribution >= 4 is 22.6 Å². The summed E-state index contributed by atoms with van der Waals surface area (Å²) in [4.78, 5) is 24.3. The van der Waals surface area contributed by atoms with Crippen molar-refractivity contribution in [1.82, 2.24) is 20.1 Å². The van der Waals surface area contributed by atoms with Gasteiger partial charge in [0, 0.05) is 11.3 Å². The molecule has 29 heavy (non-hydrogen) atoms. The third-order valence-electron chi connectivity index (χ3n) is 4.50. The number of carbonyl (C=O) groups excluding carboxylic acids is 1. The molecule has 3 aromatic heterocycles. The van der Waals surface area contributed by atoms with Crippen LogP contribution in [-0.2, 0) is 6.42 Å². The molecule has 0 spiro atoms. The monoisotopic (exact) mass is 385 g/mol. The van der Waals surface area contributed by atoms with E-state index >= 15 is 0 Å². The molecular weight excluding hydrogens is 370 g/mol. The minimum atomic E-state index is -0.212. The van der Waals surface area contributed by atoms with Crippen LogP contribution in [0.1, 0.15) is 21.8 Å². The second-order valence-corrected chi connectivity index (χ2v) is 6.41. The fourth-order valence-corrected chi connectivity index (χ4v) is 3.06. The van der Waals surface area contributed by atoms with Gasteiger partial charge < -0.3 is 19.2 Å². The summed E-state index contributed by atoms with van der Waals surface area (Å²) in [6.45, 7) is 0. The van der Waals surface area contributed by atoms with E-state index in [2.05, 4.69) is 25.4 Å². The Balaban J connectivity index is 1.37. The Kier molecular flexibility index (Phi) is 4.14. The Morgan fingerprint density at radius 3 is 2.93 bits per heavy atom. The lowest BCUT2D eigenvalue weighted by atomic mass is 10.1. The molecule has 5 aromatic rings. The van der Waals surface area contributed by atoms with Crippen LogP contribution in [0.2, 0.25) is 0 Å². The molecule has 2 aromatic carbocycles. The number of fused-ring (bicyclic) bond motifs is 1. The van der Waals surface area contributed by atoms with E-state index in [1.165, 1.54) is 0 Å². The molecule has 0 saturated carbocycles. The minimum absolute atomic E-state index is 0.212. The lowest BCUT2D eigenvalue weighted by Crippen LogP contribution is -2.13. The number of rotatable bonds is 5. The van der Waals surface area contributed by atoms with Crippen LogP contribution in [0.5, 0.6) is 0 Å². The summed E-state index contributed by atoms with van der Waals surface area (Å²) in [5.74, 6) is 1.14. The highest BCUT2D eigenvalue weighted by molar-refractivity contribution is 6.06. The van der Waals surface area contributed by atoms with Gasteiger partial charge in [-0.05, 0) is 42.0 Å². The normalized spacial score (nSPS) is 11.0. The van der Waals surface area contributed by atoms with Crippen molar-refractivity contribution in [3.8, 4) is 11.6 Å². The van der Waals surface area contributed by atoms with E-state index in [0.717, 1.165) is 16.6 Å². The van der Waals surface area contributed by atoms with E-state index in [1.54, 1.807) is 42.9 Å². The predicted octanol–water partition coefficient (Wildman–Crippen LogP) is 4.05. The van der Waals surface area contributed by atoms with Crippen LogP contribution in [0.15, 0.2) is 76.1 Å². The molecule has 0 bridgehead atoms.